The van der Waals surface area contributed by atoms with E-state index in [1.165, 1.54) is 13.5 Å². The summed E-state index contributed by atoms with van der Waals surface area (Å²) in [4.78, 5) is 14.3. The van der Waals surface area contributed by atoms with Crippen LogP contribution in [0.3, 0.4) is 0 Å². The number of aromatic nitrogens is 2. The van der Waals surface area contributed by atoms with Crippen LogP contribution in [0.4, 0.5) is 0 Å². The number of methoxy groups -OCH3 is 1. The van der Waals surface area contributed by atoms with Crippen molar-refractivity contribution in [3.8, 4) is 0 Å². The van der Waals surface area contributed by atoms with Gasteiger partial charge < -0.3 is 9.47 Å². The molecule has 1 aromatic heterocycles. The lowest BCUT2D eigenvalue weighted by Crippen LogP contribution is -2.55. The van der Waals surface area contributed by atoms with Gasteiger partial charge in [0.15, 0.2) is 5.69 Å². The van der Waals surface area contributed by atoms with E-state index in [-0.39, 0.29) is 5.60 Å². The van der Waals surface area contributed by atoms with Crippen LogP contribution in [0.2, 0.25) is 0 Å². The number of carbonyl (C=O) groups excluding carboxylic acids is 1. The number of fused-ring (bicyclic) bond motifs is 1. The zero-order valence-corrected chi connectivity index (χ0v) is 13.3. The zero-order valence-electron chi connectivity index (χ0n) is 13.3. The van der Waals surface area contributed by atoms with E-state index in [0.717, 1.165) is 43.4 Å². The largest absolute Gasteiger partial charge is 0.464 e. The van der Waals surface area contributed by atoms with Crippen molar-refractivity contribution in [2.75, 3.05) is 26.8 Å². The quantitative estimate of drug-likeness (QED) is 0.811. The summed E-state index contributed by atoms with van der Waals surface area (Å²) in [6.45, 7) is 3.27. The van der Waals surface area contributed by atoms with Crippen LogP contribution in [0, 0.1) is 0 Å². The fourth-order valence-corrected chi connectivity index (χ4v) is 3.59. The van der Waals surface area contributed by atoms with Gasteiger partial charge in [0.05, 0.1) is 31.5 Å². The first-order valence-corrected chi connectivity index (χ1v) is 8.11. The average Bonchev–Trinajstić information content (AvgIpc) is 2.92. The summed E-state index contributed by atoms with van der Waals surface area (Å²) >= 11 is 0. The maximum Gasteiger partial charge on any atom is 0.359 e. The molecule has 4 rings (SSSR count). The van der Waals surface area contributed by atoms with Crippen LogP contribution in [0.1, 0.15) is 29.8 Å². The summed E-state index contributed by atoms with van der Waals surface area (Å²) < 4.78 is 12.7. The van der Waals surface area contributed by atoms with Gasteiger partial charge in [0.1, 0.15) is 0 Å². The minimum absolute atomic E-state index is 0.0619. The van der Waals surface area contributed by atoms with Gasteiger partial charge in [0.25, 0.3) is 0 Å². The molecule has 2 fully saturated rings. The van der Waals surface area contributed by atoms with Crippen molar-refractivity contribution < 1.29 is 14.3 Å². The second-order valence-electron chi connectivity index (χ2n) is 6.44. The number of morpholine rings is 1. The van der Waals surface area contributed by atoms with Crippen LogP contribution >= 0.6 is 0 Å². The molecule has 2 heterocycles. The molecule has 2 aromatic rings. The number of para-hydroxylation sites is 1. The van der Waals surface area contributed by atoms with E-state index in [9.17, 15) is 4.79 Å². The van der Waals surface area contributed by atoms with E-state index in [1.54, 1.807) is 0 Å². The van der Waals surface area contributed by atoms with Gasteiger partial charge in [-0.1, -0.05) is 18.2 Å². The van der Waals surface area contributed by atoms with E-state index < -0.39 is 5.97 Å². The molecule has 1 aliphatic carbocycles. The second kappa shape index (κ2) is 5.62. The van der Waals surface area contributed by atoms with Gasteiger partial charge in [-0.25, -0.2) is 9.48 Å². The van der Waals surface area contributed by atoms with E-state index in [0.29, 0.717) is 12.4 Å². The van der Waals surface area contributed by atoms with Gasteiger partial charge in [-0.15, -0.1) is 0 Å². The normalized spacial score (nSPS) is 20.6. The molecule has 1 aromatic carbocycles. The molecule has 1 saturated heterocycles. The van der Waals surface area contributed by atoms with Crippen LogP contribution in [0.15, 0.2) is 24.3 Å². The molecule has 122 valence electrons. The highest BCUT2D eigenvalue weighted by atomic mass is 16.5. The van der Waals surface area contributed by atoms with Crippen molar-refractivity contribution in [3.63, 3.8) is 0 Å². The smallest absolute Gasteiger partial charge is 0.359 e. The molecule has 2 aliphatic rings. The number of benzene rings is 1. The van der Waals surface area contributed by atoms with Gasteiger partial charge in [-0.3, -0.25) is 4.90 Å². The molecule has 1 spiro atoms. The average molecular weight is 315 g/mol. The number of carbonyl (C=O) groups is 1. The molecule has 0 radical (unpaired) electrons. The van der Waals surface area contributed by atoms with E-state index in [2.05, 4.69) is 10.00 Å². The first-order valence-electron chi connectivity index (χ1n) is 8.11. The van der Waals surface area contributed by atoms with Crippen molar-refractivity contribution in [3.05, 3.63) is 30.0 Å². The highest BCUT2D eigenvalue weighted by molar-refractivity contribution is 6.02. The molecule has 0 amide bonds. The molecule has 1 saturated carbocycles. The molecule has 6 nitrogen and oxygen atoms in total. The molecule has 1 aliphatic heterocycles. The molecular formula is C17H21N3O3. The molecule has 0 bridgehead atoms. The number of hydrogen-bond acceptors (Lipinski definition) is 5. The van der Waals surface area contributed by atoms with E-state index in [1.807, 2.05) is 28.9 Å². The number of nitrogens with zero attached hydrogens (tertiary/aromatic N) is 3. The van der Waals surface area contributed by atoms with Crippen LogP contribution in [0.25, 0.3) is 10.9 Å². The summed E-state index contributed by atoms with van der Waals surface area (Å²) in [6.07, 6.45) is 3.55. The Kier molecular flexibility index (Phi) is 3.58. The first kappa shape index (κ1) is 14.7. The summed E-state index contributed by atoms with van der Waals surface area (Å²) in [5, 5.41) is 5.34. The van der Waals surface area contributed by atoms with Crippen molar-refractivity contribution in [1.29, 1.82) is 0 Å². The monoisotopic (exact) mass is 315 g/mol. The van der Waals surface area contributed by atoms with Crippen molar-refractivity contribution in [2.45, 2.75) is 31.5 Å². The molecule has 0 atom stereocenters. The number of rotatable bonds is 3. The van der Waals surface area contributed by atoms with Crippen molar-refractivity contribution >= 4 is 16.9 Å². The number of ether oxygens (including phenoxy) is 2. The van der Waals surface area contributed by atoms with E-state index >= 15 is 0 Å². The Bertz CT molecular complexity index is 736. The lowest BCUT2D eigenvalue weighted by Gasteiger charge is -2.48. The summed E-state index contributed by atoms with van der Waals surface area (Å²) in [5.41, 5.74) is 1.41. The summed E-state index contributed by atoms with van der Waals surface area (Å²) in [6, 6.07) is 7.79. The number of esters is 1. The maximum atomic E-state index is 12.0. The summed E-state index contributed by atoms with van der Waals surface area (Å²) in [7, 11) is 1.39. The molecule has 23 heavy (non-hydrogen) atoms. The van der Waals surface area contributed by atoms with Crippen LogP contribution in [0.5, 0.6) is 0 Å². The topological polar surface area (TPSA) is 56.6 Å². The standard InChI is InChI=1S/C17H21N3O3/c1-22-16(21)15-13-5-2-3-6-14(13)20(18-15)12-19-9-10-23-17(11-19)7-4-8-17/h2-3,5-6H,4,7-12H2,1H3. The van der Waals surface area contributed by atoms with Crippen molar-refractivity contribution in [2.24, 2.45) is 0 Å². The zero-order chi connectivity index (χ0) is 15.9. The Morgan fingerprint density at radius 2 is 2.22 bits per heavy atom. The highest BCUT2D eigenvalue weighted by Crippen LogP contribution is 2.38. The maximum absolute atomic E-state index is 12.0. The third kappa shape index (κ3) is 2.52. The predicted octanol–water partition coefficient (Wildman–Crippen LogP) is 2.04. The van der Waals surface area contributed by atoms with Gasteiger partial charge in [-0.05, 0) is 25.3 Å². The molecular weight excluding hydrogens is 294 g/mol. The number of hydrogen-bond donors (Lipinski definition) is 0. The Labute approximate surface area is 135 Å². The third-order valence-corrected chi connectivity index (χ3v) is 4.96. The fourth-order valence-electron chi connectivity index (χ4n) is 3.59. The van der Waals surface area contributed by atoms with Gasteiger partial charge in [-0.2, -0.15) is 5.10 Å². The Balaban J connectivity index is 1.62. The minimum atomic E-state index is -0.391. The van der Waals surface area contributed by atoms with Gasteiger partial charge >= 0.3 is 5.97 Å². The Morgan fingerprint density at radius 3 is 2.96 bits per heavy atom. The first-order chi connectivity index (χ1) is 11.2. The Morgan fingerprint density at radius 1 is 1.39 bits per heavy atom. The summed E-state index contributed by atoms with van der Waals surface area (Å²) in [5.74, 6) is -0.391. The van der Waals surface area contributed by atoms with Crippen LogP contribution in [-0.4, -0.2) is 53.1 Å². The lowest BCUT2D eigenvalue weighted by molar-refractivity contribution is -0.156. The van der Waals surface area contributed by atoms with Crippen molar-refractivity contribution in [1.82, 2.24) is 14.7 Å². The second-order valence-corrected chi connectivity index (χ2v) is 6.44. The lowest BCUT2D eigenvalue weighted by atomic mass is 9.79. The minimum Gasteiger partial charge on any atom is -0.464 e. The van der Waals surface area contributed by atoms with Gasteiger partial charge in [0.2, 0.25) is 0 Å². The predicted molar refractivity (Wildman–Crippen MR) is 85.2 cm³/mol. The third-order valence-electron chi connectivity index (χ3n) is 4.96. The molecule has 0 unspecified atom stereocenters. The van der Waals surface area contributed by atoms with E-state index in [4.69, 9.17) is 9.47 Å². The molecule has 6 heteroatoms. The highest BCUT2D eigenvalue weighted by Gasteiger charge is 2.42. The Hall–Kier alpha value is -1.92. The fraction of sp³-hybridized carbons (Fsp3) is 0.529. The molecule has 0 N–H and O–H groups in total. The van der Waals surface area contributed by atoms with Crippen LogP contribution in [-0.2, 0) is 16.1 Å². The van der Waals surface area contributed by atoms with Crippen LogP contribution < -0.4 is 0 Å². The SMILES string of the molecule is COC(=O)c1nn(CN2CCOC3(CCC3)C2)c2ccccc12. The van der Waals surface area contributed by atoms with Gasteiger partial charge in [0, 0.05) is 18.5 Å².